The molecule has 0 aliphatic heterocycles. The highest BCUT2D eigenvalue weighted by molar-refractivity contribution is 5.88. The van der Waals surface area contributed by atoms with E-state index in [1.54, 1.807) is 0 Å². The van der Waals surface area contributed by atoms with Gasteiger partial charge in [0.1, 0.15) is 12.3 Å². The molecule has 0 heterocycles. The number of fused-ring (bicyclic) bond motifs is 3. The quantitative estimate of drug-likeness (QED) is 0.717. The zero-order chi connectivity index (χ0) is 17.6. The first-order chi connectivity index (χ1) is 12.1. The molecule has 6 nitrogen and oxygen atoms in total. The van der Waals surface area contributed by atoms with Crippen LogP contribution in [0.4, 0.5) is 10.5 Å². The molecule has 1 aliphatic carbocycles. The molecule has 6 heteroatoms. The second kappa shape index (κ2) is 5.59. The van der Waals surface area contributed by atoms with Crippen molar-refractivity contribution in [3.8, 4) is 16.9 Å². The van der Waals surface area contributed by atoms with Crippen molar-refractivity contribution in [3.05, 3.63) is 80.1 Å². The molecule has 124 valence electrons. The summed E-state index contributed by atoms with van der Waals surface area (Å²) in [5.41, 5.74) is 1.99. The highest BCUT2D eigenvalue weighted by Crippen LogP contribution is 2.44. The molecule has 3 aromatic rings. The van der Waals surface area contributed by atoms with Gasteiger partial charge in [-0.15, -0.1) is 0 Å². The summed E-state index contributed by atoms with van der Waals surface area (Å²) in [7, 11) is 0. The average molecular weight is 335 g/mol. The summed E-state index contributed by atoms with van der Waals surface area (Å²) in [4.78, 5) is 34.1. The monoisotopic (exact) mass is 335 g/mol. The van der Waals surface area contributed by atoms with Gasteiger partial charge in [-0.3, -0.25) is 14.9 Å². The van der Waals surface area contributed by atoms with Crippen LogP contribution in [0.25, 0.3) is 11.1 Å². The summed E-state index contributed by atoms with van der Waals surface area (Å²) in [6.45, 7) is 0.0794. The molecular weight excluding hydrogens is 322 g/mol. The topological polar surface area (TPSA) is 92.7 Å². The lowest BCUT2D eigenvalue weighted by Crippen LogP contribution is -2.35. The summed E-state index contributed by atoms with van der Waals surface area (Å²) in [5.74, 6) is -0.849. The second-order valence-corrected chi connectivity index (χ2v) is 5.83. The third-order valence-electron chi connectivity index (χ3n) is 4.46. The van der Waals surface area contributed by atoms with Crippen LogP contribution in [0.5, 0.6) is 5.75 Å². The van der Waals surface area contributed by atoms with Gasteiger partial charge in [-0.2, -0.15) is 0 Å². The molecule has 0 unspecified atom stereocenters. The maximum Gasteiger partial charge on any atom is 0.411 e. The molecule has 0 saturated heterocycles. The first-order valence-electron chi connectivity index (χ1n) is 7.72. The summed E-state index contributed by atoms with van der Waals surface area (Å²) in [6, 6.07) is 15.8. The molecule has 3 aromatic carbocycles. The predicted octanol–water partition coefficient (Wildman–Crippen LogP) is 2.35. The van der Waals surface area contributed by atoms with Crippen LogP contribution in [0.15, 0.2) is 58.1 Å². The Morgan fingerprint density at radius 1 is 0.960 bits per heavy atom. The Hall–Kier alpha value is -3.41. The van der Waals surface area contributed by atoms with Gasteiger partial charge >= 0.3 is 6.09 Å². The summed E-state index contributed by atoms with van der Waals surface area (Å²) in [6.07, 6.45) is -0.885. The van der Waals surface area contributed by atoms with Gasteiger partial charge in [-0.05, 0) is 22.3 Å². The molecular formula is C19H13NO5. The lowest BCUT2D eigenvalue weighted by atomic mass is 9.98. The first kappa shape index (κ1) is 15.1. The predicted molar refractivity (Wildman–Crippen MR) is 91.7 cm³/mol. The Balaban J connectivity index is 1.53. The maximum atomic E-state index is 11.9. The number of rotatable bonds is 3. The average Bonchev–Trinajstić information content (AvgIpc) is 2.97. The van der Waals surface area contributed by atoms with Gasteiger partial charge in [-0.25, -0.2) is 4.79 Å². The van der Waals surface area contributed by atoms with E-state index in [1.807, 2.05) is 48.5 Å². The molecule has 4 rings (SSSR count). The van der Waals surface area contributed by atoms with Crippen molar-refractivity contribution in [3.63, 3.8) is 0 Å². The van der Waals surface area contributed by atoms with E-state index in [1.165, 1.54) is 0 Å². The Morgan fingerprint density at radius 3 is 2.08 bits per heavy atom. The minimum absolute atomic E-state index is 0.0794. The van der Waals surface area contributed by atoms with Crippen LogP contribution in [0.3, 0.4) is 0 Å². The molecule has 0 saturated carbocycles. The summed E-state index contributed by atoms with van der Waals surface area (Å²) < 4.78 is 5.22. The van der Waals surface area contributed by atoms with Gasteiger partial charge < -0.3 is 9.84 Å². The normalized spacial score (nSPS) is 12.6. The van der Waals surface area contributed by atoms with Crippen molar-refractivity contribution in [2.45, 2.75) is 5.92 Å². The van der Waals surface area contributed by atoms with Crippen LogP contribution in [0, 0.1) is 0 Å². The van der Waals surface area contributed by atoms with Gasteiger partial charge in [0, 0.05) is 5.92 Å². The van der Waals surface area contributed by atoms with E-state index in [-0.39, 0.29) is 12.5 Å². The van der Waals surface area contributed by atoms with Crippen molar-refractivity contribution in [1.29, 1.82) is 0 Å². The largest absolute Gasteiger partial charge is 0.502 e. The Morgan fingerprint density at radius 2 is 1.52 bits per heavy atom. The van der Waals surface area contributed by atoms with Crippen LogP contribution in [0.2, 0.25) is 0 Å². The zero-order valence-corrected chi connectivity index (χ0v) is 13.0. The molecule has 0 atom stereocenters. The van der Waals surface area contributed by atoms with Gasteiger partial charge in [0.2, 0.25) is 0 Å². The van der Waals surface area contributed by atoms with Crippen molar-refractivity contribution in [2.75, 3.05) is 11.9 Å². The first-order valence-corrected chi connectivity index (χ1v) is 7.72. The van der Waals surface area contributed by atoms with E-state index in [2.05, 4.69) is 5.32 Å². The fourth-order valence-electron chi connectivity index (χ4n) is 3.23. The van der Waals surface area contributed by atoms with Crippen molar-refractivity contribution in [1.82, 2.24) is 0 Å². The van der Waals surface area contributed by atoms with E-state index in [9.17, 15) is 19.5 Å². The van der Waals surface area contributed by atoms with Crippen LogP contribution in [-0.4, -0.2) is 17.8 Å². The number of anilines is 1. The molecule has 0 bridgehead atoms. The highest BCUT2D eigenvalue weighted by Gasteiger charge is 2.29. The third kappa shape index (κ3) is 2.30. The standard InChI is InChI=1S/C19H13NO5/c21-16-15(17(22)18(16)23)20-19(24)25-9-14-12-7-3-1-5-10(12)11-6-2-4-8-13(11)14/h1-8,14,21H,9H2,(H,20,24). The SMILES string of the molecule is O=C(Nc1c(O)c(=O)c1=O)OCC1c2ccccc2-c2ccccc21. The van der Waals surface area contributed by atoms with E-state index in [0.717, 1.165) is 22.3 Å². The molecule has 1 amide bonds. The molecule has 1 aliphatic rings. The Bertz CT molecular complexity index is 1020. The minimum Gasteiger partial charge on any atom is -0.502 e. The van der Waals surface area contributed by atoms with Crippen LogP contribution in [-0.2, 0) is 4.74 Å². The maximum absolute atomic E-state index is 11.9. The smallest absolute Gasteiger partial charge is 0.411 e. The number of hydrogen-bond acceptors (Lipinski definition) is 5. The number of benzene rings is 2. The fraction of sp³-hybridized carbons (Fsp3) is 0.105. The third-order valence-corrected chi connectivity index (χ3v) is 4.46. The number of carbonyl (C=O) groups is 1. The highest BCUT2D eigenvalue weighted by atomic mass is 16.5. The van der Waals surface area contributed by atoms with Crippen molar-refractivity contribution < 1.29 is 14.6 Å². The van der Waals surface area contributed by atoms with Gasteiger partial charge in [0.05, 0.1) is 0 Å². The number of ether oxygens (including phenoxy) is 1. The van der Waals surface area contributed by atoms with E-state index >= 15 is 0 Å². The number of carbonyl (C=O) groups excluding carboxylic acids is 1. The van der Waals surface area contributed by atoms with Crippen LogP contribution < -0.4 is 16.2 Å². The van der Waals surface area contributed by atoms with E-state index in [4.69, 9.17) is 4.74 Å². The van der Waals surface area contributed by atoms with E-state index in [0.29, 0.717) is 0 Å². The second-order valence-electron chi connectivity index (χ2n) is 5.83. The van der Waals surface area contributed by atoms with Crippen LogP contribution in [0.1, 0.15) is 17.0 Å². The lowest BCUT2D eigenvalue weighted by molar-refractivity contribution is 0.158. The number of hydrogen-bond donors (Lipinski definition) is 2. The summed E-state index contributed by atoms with van der Waals surface area (Å²) >= 11 is 0. The number of nitrogens with one attached hydrogen (secondary N) is 1. The van der Waals surface area contributed by atoms with Crippen LogP contribution >= 0.6 is 0 Å². The van der Waals surface area contributed by atoms with Gasteiger partial charge in [-0.1, -0.05) is 48.5 Å². The number of aromatic hydroxyl groups is 1. The molecule has 0 aromatic heterocycles. The van der Waals surface area contributed by atoms with Gasteiger partial charge in [0.15, 0.2) is 5.75 Å². The van der Waals surface area contributed by atoms with Gasteiger partial charge in [0.25, 0.3) is 10.9 Å². The Labute approximate surface area is 142 Å². The summed E-state index contributed by atoms with van der Waals surface area (Å²) in [5, 5.41) is 11.4. The molecule has 2 N–H and O–H groups in total. The van der Waals surface area contributed by atoms with Crippen molar-refractivity contribution >= 4 is 11.8 Å². The van der Waals surface area contributed by atoms with Crippen molar-refractivity contribution in [2.24, 2.45) is 0 Å². The molecule has 0 fully saturated rings. The fourth-order valence-corrected chi connectivity index (χ4v) is 3.23. The minimum atomic E-state index is -1.01. The van der Waals surface area contributed by atoms with E-state index < -0.39 is 28.4 Å². The molecule has 25 heavy (non-hydrogen) atoms. The lowest BCUT2D eigenvalue weighted by Gasteiger charge is -2.15. The molecule has 0 radical (unpaired) electrons. The number of amides is 1. The molecule has 0 spiro atoms. The Kier molecular flexibility index (Phi) is 3.39. The zero-order valence-electron chi connectivity index (χ0n) is 13.0.